The first-order valence-corrected chi connectivity index (χ1v) is 9.34. The van der Waals surface area contributed by atoms with Crippen molar-refractivity contribution in [1.82, 2.24) is 15.0 Å². The van der Waals surface area contributed by atoms with Crippen LogP contribution in [0.4, 0.5) is 13.2 Å². The first kappa shape index (κ1) is 19.9. The molecular weight excluding hydrogens is 399 g/mol. The SMILES string of the molecule is CCc1noc(-c2cc(C)c3c(c2)CN(Cc2ccc(OC(F)(F)F)cc2)C3=O)n1. The normalized spacial score (nSPS) is 13.6. The lowest BCUT2D eigenvalue weighted by Crippen LogP contribution is -2.23. The Morgan fingerprint density at radius 2 is 1.93 bits per heavy atom. The summed E-state index contributed by atoms with van der Waals surface area (Å²) in [6.07, 6.45) is -4.08. The molecule has 1 aromatic heterocycles. The number of carbonyl (C=O) groups excluding carboxylic acids is 1. The molecule has 0 fully saturated rings. The molecule has 3 aromatic rings. The maximum absolute atomic E-state index is 12.9. The number of rotatable bonds is 5. The van der Waals surface area contributed by atoms with Crippen molar-refractivity contribution in [3.05, 3.63) is 64.5 Å². The summed E-state index contributed by atoms with van der Waals surface area (Å²) in [5.74, 6) is 0.598. The lowest BCUT2D eigenvalue weighted by Gasteiger charge is -2.16. The van der Waals surface area contributed by atoms with Gasteiger partial charge in [-0.05, 0) is 47.9 Å². The first-order valence-electron chi connectivity index (χ1n) is 9.34. The van der Waals surface area contributed by atoms with Crippen LogP contribution in [0.15, 0.2) is 40.9 Å². The van der Waals surface area contributed by atoms with Crippen molar-refractivity contribution in [2.45, 2.75) is 39.7 Å². The third kappa shape index (κ3) is 4.00. The van der Waals surface area contributed by atoms with Crippen LogP contribution in [0.2, 0.25) is 0 Å². The van der Waals surface area contributed by atoms with Crippen LogP contribution in [-0.4, -0.2) is 27.3 Å². The van der Waals surface area contributed by atoms with E-state index < -0.39 is 6.36 Å². The number of aromatic nitrogens is 2. The van der Waals surface area contributed by atoms with Crippen molar-refractivity contribution < 1.29 is 27.2 Å². The minimum Gasteiger partial charge on any atom is -0.406 e. The predicted octanol–water partition coefficient (Wildman–Crippen LogP) is 4.66. The first-order chi connectivity index (χ1) is 14.2. The molecule has 156 valence electrons. The Morgan fingerprint density at radius 3 is 2.57 bits per heavy atom. The van der Waals surface area contributed by atoms with E-state index in [-0.39, 0.29) is 18.2 Å². The van der Waals surface area contributed by atoms with Gasteiger partial charge in [-0.15, -0.1) is 13.2 Å². The zero-order valence-electron chi connectivity index (χ0n) is 16.3. The Morgan fingerprint density at radius 1 is 1.20 bits per heavy atom. The molecule has 0 N–H and O–H groups in total. The van der Waals surface area contributed by atoms with Gasteiger partial charge in [0.25, 0.3) is 11.8 Å². The highest BCUT2D eigenvalue weighted by molar-refractivity contribution is 6.00. The van der Waals surface area contributed by atoms with E-state index in [9.17, 15) is 18.0 Å². The average molecular weight is 417 g/mol. The molecule has 4 rings (SSSR count). The number of carbonyl (C=O) groups is 1. The lowest BCUT2D eigenvalue weighted by molar-refractivity contribution is -0.274. The summed E-state index contributed by atoms with van der Waals surface area (Å²) in [5.41, 5.74) is 3.74. The van der Waals surface area contributed by atoms with Crippen LogP contribution in [-0.2, 0) is 19.5 Å². The van der Waals surface area contributed by atoms with E-state index in [2.05, 4.69) is 14.9 Å². The minimum absolute atomic E-state index is 0.121. The molecule has 2 heterocycles. The standard InChI is InChI=1S/C21H18F3N3O3/c1-3-17-25-19(30-26-17)14-8-12(2)18-15(9-14)11-27(20(18)28)10-13-4-6-16(7-5-13)29-21(22,23)24/h4-9H,3,10-11H2,1-2H3. The Bertz CT molecular complexity index is 1090. The zero-order chi connectivity index (χ0) is 21.5. The van der Waals surface area contributed by atoms with Gasteiger partial charge in [0.2, 0.25) is 0 Å². The number of nitrogens with zero attached hydrogens (tertiary/aromatic N) is 3. The van der Waals surface area contributed by atoms with E-state index in [1.165, 1.54) is 24.3 Å². The van der Waals surface area contributed by atoms with Gasteiger partial charge < -0.3 is 14.2 Å². The quantitative estimate of drug-likeness (QED) is 0.604. The fourth-order valence-electron chi connectivity index (χ4n) is 3.51. The molecule has 1 aliphatic rings. The van der Waals surface area contributed by atoms with Crippen LogP contribution in [0, 0.1) is 6.92 Å². The van der Waals surface area contributed by atoms with Crippen LogP contribution < -0.4 is 4.74 Å². The van der Waals surface area contributed by atoms with Gasteiger partial charge in [-0.3, -0.25) is 4.79 Å². The number of hydrogen-bond acceptors (Lipinski definition) is 5. The molecule has 0 aliphatic carbocycles. The van der Waals surface area contributed by atoms with Crippen molar-refractivity contribution in [1.29, 1.82) is 0 Å². The van der Waals surface area contributed by atoms with Crippen molar-refractivity contribution >= 4 is 5.91 Å². The van der Waals surface area contributed by atoms with E-state index in [0.29, 0.717) is 35.8 Å². The van der Waals surface area contributed by atoms with Gasteiger partial charge in [-0.25, -0.2) is 0 Å². The van der Waals surface area contributed by atoms with Crippen LogP contribution in [0.3, 0.4) is 0 Å². The zero-order valence-corrected chi connectivity index (χ0v) is 16.3. The highest BCUT2D eigenvalue weighted by Crippen LogP contribution is 2.32. The number of benzene rings is 2. The van der Waals surface area contributed by atoms with Gasteiger partial charge in [-0.1, -0.05) is 24.2 Å². The van der Waals surface area contributed by atoms with Gasteiger partial charge in [0.15, 0.2) is 5.82 Å². The fourth-order valence-corrected chi connectivity index (χ4v) is 3.51. The maximum atomic E-state index is 12.9. The van der Waals surface area contributed by atoms with Gasteiger partial charge in [0.05, 0.1) is 0 Å². The number of fused-ring (bicyclic) bond motifs is 1. The van der Waals surface area contributed by atoms with E-state index >= 15 is 0 Å². The molecule has 1 amide bonds. The molecular formula is C21H18F3N3O3. The van der Waals surface area contributed by atoms with E-state index in [4.69, 9.17) is 4.52 Å². The molecule has 0 saturated carbocycles. The summed E-state index contributed by atoms with van der Waals surface area (Å²) in [6.45, 7) is 4.44. The number of amides is 1. The molecule has 2 aromatic carbocycles. The molecule has 0 bridgehead atoms. The van der Waals surface area contributed by atoms with Crippen LogP contribution >= 0.6 is 0 Å². The Hall–Kier alpha value is -3.36. The minimum atomic E-state index is -4.74. The second kappa shape index (κ2) is 7.47. The number of aryl methyl sites for hydroxylation is 2. The molecule has 1 aliphatic heterocycles. The summed E-state index contributed by atoms with van der Waals surface area (Å²) < 4.78 is 46.1. The van der Waals surface area contributed by atoms with Crippen LogP contribution in [0.5, 0.6) is 5.75 Å². The second-order valence-electron chi connectivity index (χ2n) is 7.05. The number of alkyl halides is 3. The number of hydrogen-bond donors (Lipinski definition) is 0. The van der Waals surface area contributed by atoms with Crippen molar-refractivity contribution in [2.75, 3.05) is 0 Å². The predicted molar refractivity (Wildman–Crippen MR) is 101 cm³/mol. The molecule has 9 heteroatoms. The van der Waals surface area contributed by atoms with Gasteiger partial charge in [-0.2, -0.15) is 4.98 Å². The smallest absolute Gasteiger partial charge is 0.406 e. The number of halogens is 3. The summed E-state index contributed by atoms with van der Waals surface area (Å²) in [6, 6.07) is 9.21. The molecule has 0 atom stereocenters. The highest BCUT2D eigenvalue weighted by atomic mass is 19.4. The van der Waals surface area contributed by atoms with E-state index in [0.717, 1.165) is 16.7 Å². The van der Waals surface area contributed by atoms with Crippen molar-refractivity contribution in [3.63, 3.8) is 0 Å². The summed E-state index contributed by atoms with van der Waals surface area (Å²) in [4.78, 5) is 18.9. The molecule has 0 saturated heterocycles. The largest absolute Gasteiger partial charge is 0.573 e. The highest BCUT2D eigenvalue weighted by Gasteiger charge is 2.32. The van der Waals surface area contributed by atoms with Crippen molar-refractivity contribution in [2.24, 2.45) is 0 Å². The molecule has 30 heavy (non-hydrogen) atoms. The summed E-state index contributed by atoms with van der Waals surface area (Å²) in [5, 5.41) is 3.91. The van der Waals surface area contributed by atoms with Crippen LogP contribution in [0.25, 0.3) is 11.5 Å². The topological polar surface area (TPSA) is 68.5 Å². The van der Waals surface area contributed by atoms with Gasteiger partial charge in [0, 0.05) is 30.6 Å². The number of ether oxygens (including phenoxy) is 1. The Kier molecular flexibility index (Phi) is 4.97. The van der Waals surface area contributed by atoms with E-state index in [1.54, 1.807) is 4.90 Å². The third-order valence-electron chi connectivity index (χ3n) is 4.84. The summed E-state index contributed by atoms with van der Waals surface area (Å²) >= 11 is 0. The molecule has 0 radical (unpaired) electrons. The molecule has 0 unspecified atom stereocenters. The second-order valence-corrected chi connectivity index (χ2v) is 7.05. The van der Waals surface area contributed by atoms with Gasteiger partial charge in [0.1, 0.15) is 5.75 Å². The monoisotopic (exact) mass is 417 g/mol. The Balaban J connectivity index is 1.52. The van der Waals surface area contributed by atoms with Gasteiger partial charge >= 0.3 is 6.36 Å². The maximum Gasteiger partial charge on any atom is 0.573 e. The summed E-state index contributed by atoms with van der Waals surface area (Å²) in [7, 11) is 0. The fraction of sp³-hybridized carbons (Fsp3) is 0.286. The molecule has 0 spiro atoms. The third-order valence-corrected chi connectivity index (χ3v) is 4.84. The Labute approximate surface area is 170 Å². The lowest BCUT2D eigenvalue weighted by atomic mass is 10.0. The van der Waals surface area contributed by atoms with E-state index in [1.807, 2.05) is 26.0 Å². The van der Waals surface area contributed by atoms with Crippen molar-refractivity contribution in [3.8, 4) is 17.2 Å². The average Bonchev–Trinajstić information content (AvgIpc) is 3.27. The molecule has 6 nitrogen and oxygen atoms in total. The van der Waals surface area contributed by atoms with Crippen LogP contribution in [0.1, 0.15) is 39.8 Å².